The van der Waals surface area contributed by atoms with E-state index in [1.807, 2.05) is 18.7 Å². The average Bonchev–Trinajstić information content (AvgIpc) is 2.53. The second kappa shape index (κ2) is 9.65. The Bertz CT molecular complexity index is 556. The van der Waals surface area contributed by atoms with Crippen LogP contribution in [-0.4, -0.2) is 55.5 Å². The molecule has 1 aliphatic heterocycles. The van der Waals surface area contributed by atoms with Gasteiger partial charge in [0.1, 0.15) is 12.4 Å². The van der Waals surface area contributed by atoms with E-state index in [0.29, 0.717) is 5.96 Å². The lowest BCUT2D eigenvalue weighted by Gasteiger charge is -2.36. The number of amides is 1. The highest BCUT2D eigenvalue weighted by Gasteiger charge is 2.18. The van der Waals surface area contributed by atoms with Gasteiger partial charge in [-0.25, -0.2) is 9.38 Å². The van der Waals surface area contributed by atoms with Crippen molar-refractivity contribution in [2.24, 2.45) is 10.7 Å². The Labute approximate surface area is 159 Å². The summed E-state index contributed by atoms with van der Waals surface area (Å²) in [5, 5.41) is 2.78. The normalized spacial score (nSPS) is 15.2. The summed E-state index contributed by atoms with van der Waals surface area (Å²) < 4.78 is 13.0. The van der Waals surface area contributed by atoms with Gasteiger partial charge in [0.25, 0.3) is 0 Å². The number of rotatable bonds is 4. The highest BCUT2D eigenvalue weighted by atomic mass is 127. The number of hydrogen-bond acceptors (Lipinski definition) is 3. The van der Waals surface area contributed by atoms with E-state index in [1.165, 1.54) is 12.1 Å². The van der Waals surface area contributed by atoms with Crippen molar-refractivity contribution in [1.82, 2.24) is 10.2 Å². The molecule has 1 fully saturated rings. The predicted octanol–water partition coefficient (Wildman–Crippen LogP) is 1.41. The first-order valence-electron chi connectivity index (χ1n) is 7.80. The molecule has 0 aromatic heterocycles. The lowest BCUT2D eigenvalue weighted by molar-refractivity contribution is -0.120. The molecule has 3 N–H and O–H groups in total. The molecule has 2 rings (SSSR count). The molecule has 0 atom stereocenters. The van der Waals surface area contributed by atoms with Crippen LogP contribution < -0.4 is 16.0 Å². The first kappa shape index (κ1) is 20.5. The molecule has 0 bridgehead atoms. The zero-order valence-corrected chi connectivity index (χ0v) is 16.4. The molecular formula is C16H25FIN5O. The molecule has 0 aliphatic carbocycles. The van der Waals surface area contributed by atoms with E-state index in [-0.39, 0.29) is 48.3 Å². The van der Waals surface area contributed by atoms with Gasteiger partial charge in [0, 0.05) is 37.9 Å². The highest BCUT2D eigenvalue weighted by molar-refractivity contribution is 14.0. The summed E-state index contributed by atoms with van der Waals surface area (Å²) in [5.74, 6) is 0.0269. The van der Waals surface area contributed by atoms with Gasteiger partial charge in [0.05, 0.1) is 0 Å². The molecule has 0 saturated carbocycles. The fraction of sp³-hybridized carbons (Fsp3) is 0.500. The molecule has 1 heterocycles. The van der Waals surface area contributed by atoms with Gasteiger partial charge in [-0.3, -0.25) is 4.79 Å². The van der Waals surface area contributed by atoms with Crippen LogP contribution in [0, 0.1) is 5.82 Å². The maximum absolute atomic E-state index is 13.0. The van der Waals surface area contributed by atoms with Crippen molar-refractivity contribution in [2.45, 2.75) is 19.9 Å². The number of carbonyl (C=O) groups is 1. The standard InChI is InChI=1S/C16H24FN5O.HI/c1-12(2)20-15(23)11-19-16(18)22-9-7-21(8-10-22)14-5-3-13(17)4-6-14;/h3-6,12H,7-11H2,1-2H3,(H2,18,19)(H,20,23);1H. The molecule has 134 valence electrons. The molecule has 1 aromatic rings. The number of hydrogen-bond donors (Lipinski definition) is 2. The fourth-order valence-electron chi connectivity index (χ4n) is 2.47. The van der Waals surface area contributed by atoms with Gasteiger partial charge in [0.15, 0.2) is 5.96 Å². The summed E-state index contributed by atoms with van der Waals surface area (Å²) in [5.41, 5.74) is 6.96. The van der Waals surface area contributed by atoms with Crippen molar-refractivity contribution in [3.63, 3.8) is 0 Å². The Balaban J connectivity index is 0.00000288. The molecule has 1 aliphatic rings. The van der Waals surface area contributed by atoms with Crippen LogP contribution in [0.5, 0.6) is 0 Å². The van der Waals surface area contributed by atoms with Crippen molar-refractivity contribution in [2.75, 3.05) is 37.6 Å². The van der Waals surface area contributed by atoms with Crippen LogP contribution in [-0.2, 0) is 4.79 Å². The van der Waals surface area contributed by atoms with E-state index in [1.54, 1.807) is 12.1 Å². The number of piperazine rings is 1. The predicted molar refractivity (Wildman–Crippen MR) is 105 cm³/mol. The molecule has 0 unspecified atom stereocenters. The third-order valence-electron chi connectivity index (χ3n) is 3.63. The van der Waals surface area contributed by atoms with Crippen molar-refractivity contribution in [3.05, 3.63) is 30.1 Å². The SMILES string of the molecule is CC(C)NC(=O)CN=C(N)N1CCN(c2ccc(F)cc2)CC1.I. The molecular weight excluding hydrogens is 424 g/mol. The maximum Gasteiger partial charge on any atom is 0.242 e. The van der Waals surface area contributed by atoms with Crippen LogP contribution in [0.1, 0.15) is 13.8 Å². The molecule has 1 amide bonds. The van der Waals surface area contributed by atoms with E-state index >= 15 is 0 Å². The summed E-state index contributed by atoms with van der Waals surface area (Å²) in [6.45, 7) is 6.85. The fourth-order valence-corrected chi connectivity index (χ4v) is 2.47. The number of nitrogens with zero attached hydrogens (tertiary/aromatic N) is 3. The Kier molecular flexibility index (Phi) is 8.23. The minimum Gasteiger partial charge on any atom is -0.370 e. The van der Waals surface area contributed by atoms with Gasteiger partial charge in [-0.15, -0.1) is 24.0 Å². The monoisotopic (exact) mass is 449 g/mol. The summed E-state index contributed by atoms with van der Waals surface area (Å²) >= 11 is 0. The second-order valence-electron chi connectivity index (χ2n) is 5.85. The molecule has 8 heteroatoms. The van der Waals surface area contributed by atoms with E-state index < -0.39 is 0 Å². The summed E-state index contributed by atoms with van der Waals surface area (Å²) in [4.78, 5) is 19.9. The summed E-state index contributed by atoms with van der Waals surface area (Å²) in [6.07, 6.45) is 0. The first-order valence-corrected chi connectivity index (χ1v) is 7.80. The Morgan fingerprint density at radius 1 is 1.25 bits per heavy atom. The molecule has 0 spiro atoms. The van der Waals surface area contributed by atoms with Gasteiger partial charge >= 0.3 is 0 Å². The number of nitrogens with one attached hydrogen (secondary N) is 1. The van der Waals surface area contributed by atoms with E-state index in [2.05, 4.69) is 15.2 Å². The summed E-state index contributed by atoms with van der Waals surface area (Å²) in [6, 6.07) is 6.57. The van der Waals surface area contributed by atoms with E-state index in [9.17, 15) is 9.18 Å². The lowest BCUT2D eigenvalue weighted by Crippen LogP contribution is -2.51. The van der Waals surface area contributed by atoms with Gasteiger partial charge < -0.3 is 20.9 Å². The molecule has 0 radical (unpaired) electrons. The van der Waals surface area contributed by atoms with Crippen molar-refractivity contribution in [3.8, 4) is 0 Å². The average molecular weight is 449 g/mol. The zero-order valence-electron chi connectivity index (χ0n) is 14.0. The van der Waals surface area contributed by atoms with Crippen LogP contribution in [0.4, 0.5) is 10.1 Å². The molecule has 1 aromatic carbocycles. The maximum atomic E-state index is 13.0. The Hall–Kier alpha value is -1.58. The lowest BCUT2D eigenvalue weighted by atomic mass is 10.2. The number of nitrogens with two attached hydrogens (primary N) is 1. The smallest absolute Gasteiger partial charge is 0.242 e. The Morgan fingerprint density at radius 3 is 2.38 bits per heavy atom. The number of guanidine groups is 1. The topological polar surface area (TPSA) is 74.0 Å². The molecule has 1 saturated heterocycles. The van der Waals surface area contributed by atoms with Gasteiger partial charge in [-0.2, -0.15) is 0 Å². The minimum absolute atomic E-state index is 0. The van der Waals surface area contributed by atoms with E-state index in [4.69, 9.17) is 5.73 Å². The molecule has 24 heavy (non-hydrogen) atoms. The zero-order chi connectivity index (χ0) is 16.8. The van der Waals surface area contributed by atoms with Crippen LogP contribution in [0.3, 0.4) is 0 Å². The molecule has 6 nitrogen and oxygen atoms in total. The van der Waals surface area contributed by atoms with Crippen molar-refractivity contribution >= 4 is 41.5 Å². The van der Waals surface area contributed by atoms with Crippen LogP contribution in [0.2, 0.25) is 0 Å². The number of carbonyl (C=O) groups excluding carboxylic acids is 1. The third kappa shape index (κ3) is 6.14. The number of aliphatic imine (C=N–C) groups is 1. The van der Waals surface area contributed by atoms with Crippen LogP contribution in [0.25, 0.3) is 0 Å². The third-order valence-corrected chi connectivity index (χ3v) is 3.63. The largest absolute Gasteiger partial charge is 0.370 e. The second-order valence-corrected chi connectivity index (χ2v) is 5.85. The summed E-state index contributed by atoms with van der Waals surface area (Å²) in [7, 11) is 0. The number of benzene rings is 1. The van der Waals surface area contributed by atoms with E-state index in [0.717, 1.165) is 31.9 Å². The highest BCUT2D eigenvalue weighted by Crippen LogP contribution is 2.16. The number of anilines is 1. The van der Waals surface area contributed by atoms with Crippen molar-refractivity contribution < 1.29 is 9.18 Å². The minimum atomic E-state index is -0.233. The number of halogens is 2. The Morgan fingerprint density at radius 2 is 1.83 bits per heavy atom. The van der Waals surface area contributed by atoms with Gasteiger partial charge in [-0.05, 0) is 38.1 Å². The van der Waals surface area contributed by atoms with Gasteiger partial charge in [0.2, 0.25) is 5.91 Å². The van der Waals surface area contributed by atoms with Crippen molar-refractivity contribution in [1.29, 1.82) is 0 Å². The van der Waals surface area contributed by atoms with Crippen LogP contribution >= 0.6 is 24.0 Å². The van der Waals surface area contributed by atoms with Gasteiger partial charge in [-0.1, -0.05) is 0 Å². The first-order chi connectivity index (χ1) is 11.0. The quantitative estimate of drug-likeness (QED) is 0.414. The van der Waals surface area contributed by atoms with Crippen LogP contribution in [0.15, 0.2) is 29.3 Å².